The predicted octanol–water partition coefficient (Wildman–Crippen LogP) is 2.96. The molecule has 0 fully saturated rings. The Balaban J connectivity index is 1.54. The fraction of sp³-hybridized carbons (Fsp3) is 0.200. The van der Waals surface area contributed by atoms with Gasteiger partial charge in [0.25, 0.3) is 5.91 Å². The van der Waals surface area contributed by atoms with Crippen molar-refractivity contribution in [1.82, 2.24) is 9.62 Å². The summed E-state index contributed by atoms with van der Waals surface area (Å²) in [5.74, 6) is -0.556. The van der Waals surface area contributed by atoms with Crippen LogP contribution in [0.2, 0.25) is 0 Å². The van der Waals surface area contributed by atoms with Gasteiger partial charge in [-0.2, -0.15) is 0 Å². The van der Waals surface area contributed by atoms with Gasteiger partial charge in [0.05, 0.1) is 17.0 Å². The highest BCUT2D eigenvalue weighted by molar-refractivity contribution is 7.89. The largest absolute Gasteiger partial charge is 0.376 e. The fourth-order valence-electron chi connectivity index (χ4n) is 3.20. The Hall–Kier alpha value is -3.69. The summed E-state index contributed by atoms with van der Waals surface area (Å²) in [6.45, 7) is 0.434. The first kappa shape index (κ1) is 24.9. The van der Waals surface area contributed by atoms with Crippen LogP contribution in [0.4, 0.5) is 11.4 Å². The highest BCUT2D eigenvalue weighted by Gasteiger charge is 2.17. The van der Waals surface area contributed by atoms with Crippen LogP contribution in [0.15, 0.2) is 83.8 Å². The van der Waals surface area contributed by atoms with E-state index in [1.807, 2.05) is 30.3 Å². The number of hydrogen-bond acceptors (Lipinski definition) is 5. The van der Waals surface area contributed by atoms with Gasteiger partial charge in [-0.1, -0.05) is 42.5 Å². The van der Waals surface area contributed by atoms with Crippen LogP contribution < -0.4 is 16.0 Å². The summed E-state index contributed by atoms with van der Waals surface area (Å²) in [5, 5.41) is 8.62. The van der Waals surface area contributed by atoms with E-state index in [1.54, 1.807) is 24.3 Å². The Morgan fingerprint density at radius 2 is 1.50 bits per heavy atom. The monoisotopic (exact) mass is 480 g/mol. The van der Waals surface area contributed by atoms with Gasteiger partial charge in [-0.05, 0) is 48.4 Å². The second-order valence-corrected chi connectivity index (χ2v) is 9.90. The predicted molar refractivity (Wildman–Crippen MR) is 133 cm³/mol. The van der Waals surface area contributed by atoms with Gasteiger partial charge >= 0.3 is 0 Å². The summed E-state index contributed by atoms with van der Waals surface area (Å²) in [7, 11) is -0.621. The van der Waals surface area contributed by atoms with E-state index in [-0.39, 0.29) is 23.3 Å². The van der Waals surface area contributed by atoms with Crippen LogP contribution in [-0.4, -0.2) is 51.7 Å². The molecule has 178 valence electrons. The number of amides is 2. The summed E-state index contributed by atoms with van der Waals surface area (Å²) in [6, 6.07) is 22.8. The maximum absolute atomic E-state index is 12.6. The van der Waals surface area contributed by atoms with Crippen LogP contribution in [-0.2, 0) is 21.2 Å². The Morgan fingerprint density at radius 3 is 2.18 bits per heavy atom. The van der Waals surface area contributed by atoms with Crippen molar-refractivity contribution in [3.05, 3.63) is 90.0 Å². The Bertz CT molecular complexity index is 1230. The first-order valence-corrected chi connectivity index (χ1v) is 12.2. The lowest BCUT2D eigenvalue weighted by Crippen LogP contribution is -2.28. The molecule has 0 atom stereocenters. The zero-order chi connectivity index (χ0) is 24.6. The third-order valence-corrected chi connectivity index (χ3v) is 6.90. The highest BCUT2D eigenvalue weighted by atomic mass is 32.2. The molecule has 34 heavy (non-hydrogen) atoms. The third-order valence-electron chi connectivity index (χ3n) is 5.07. The molecule has 0 spiro atoms. The van der Waals surface area contributed by atoms with E-state index in [1.165, 1.54) is 38.4 Å². The van der Waals surface area contributed by atoms with Gasteiger partial charge in [-0.3, -0.25) is 9.59 Å². The van der Waals surface area contributed by atoms with Gasteiger partial charge in [0.1, 0.15) is 0 Å². The molecular weight excluding hydrogens is 452 g/mol. The molecule has 8 nitrogen and oxygen atoms in total. The minimum Gasteiger partial charge on any atom is -0.376 e. The summed E-state index contributed by atoms with van der Waals surface area (Å²) in [4.78, 5) is 25.2. The number of rotatable bonds is 10. The molecule has 0 aliphatic heterocycles. The SMILES string of the molecule is CN(C)S(=O)(=O)c1ccc(NC(=O)CNc2ccccc2C(=O)NCCc2ccccc2)cc1. The van der Waals surface area contributed by atoms with E-state index in [4.69, 9.17) is 0 Å². The lowest BCUT2D eigenvalue weighted by Gasteiger charge is -2.13. The molecular formula is C25H28N4O4S. The van der Waals surface area contributed by atoms with E-state index in [2.05, 4.69) is 16.0 Å². The number of carbonyl (C=O) groups excluding carboxylic acids is 2. The Kier molecular flexibility index (Phi) is 8.39. The number of para-hydroxylation sites is 1. The smallest absolute Gasteiger partial charge is 0.253 e. The maximum Gasteiger partial charge on any atom is 0.253 e. The van der Waals surface area contributed by atoms with E-state index in [0.29, 0.717) is 23.5 Å². The first-order chi connectivity index (χ1) is 16.3. The number of benzene rings is 3. The van der Waals surface area contributed by atoms with Crippen LogP contribution in [0.5, 0.6) is 0 Å². The molecule has 3 aromatic carbocycles. The van der Waals surface area contributed by atoms with Gasteiger partial charge in [0.15, 0.2) is 0 Å². The lowest BCUT2D eigenvalue weighted by molar-refractivity contribution is -0.114. The zero-order valence-corrected chi connectivity index (χ0v) is 19.9. The second kappa shape index (κ2) is 11.4. The second-order valence-electron chi connectivity index (χ2n) is 7.75. The Labute approximate surface area is 200 Å². The summed E-state index contributed by atoms with van der Waals surface area (Å²) >= 11 is 0. The van der Waals surface area contributed by atoms with Crippen LogP contribution in [0, 0.1) is 0 Å². The van der Waals surface area contributed by atoms with Crippen LogP contribution in [0.3, 0.4) is 0 Å². The van der Waals surface area contributed by atoms with Gasteiger partial charge in [-0.15, -0.1) is 0 Å². The number of anilines is 2. The summed E-state index contributed by atoms with van der Waals surface area (Å²) in [5.41, 5.74) is 2.60. The molecule has 0 saturated carbocycles. The summed E-state index contributed by atoms with van der Waals surface area (Å²) in [6.07, 6.45) is 0.721. The van der Waals surface area contributed by atoms with E-state index >= 15 is 0 Å². The number of carbonyl (C=O) groups is 2. The van der Waals surface area contributed by atoms with Gasteiger partial charge in [0.2, 0.25) is 15.9 Å². The number of hydrogen-bond donors (Lipinski definition) is 3. The molecule has 0 aromatic heterocycles. The maximum atomic E-state index is 12.6. The molecule has 0 aliphatic carbocycles. The molecule has 3 N–H and O–H groups in total. The van der Waals surface area contributed by atoms with E-state index in [0.717, 1.165) is 16.3 Å². The molecule has 0 radical (unpaired) electrons. The number of nitrogens with one attached hydrogen (secondary N) is 3. The van der Waals surface area contributed by atoms with E-state index in [9.17, 15) is 18.0 Å². The van der Waals surface area contributed by atoms with Crippen LogP contribution >= 0.6 is 0 Å². The minimum absolute atomic E-state index is 0.0634. The fourth-order valence-corrected chi connectivity index (χ4v) is 4.10. The Morgan fingerprint density at radius 1 is 0.853 bits per heavy atom. The zero-order valence-electron chi connectivity index (χ0n) is 19.1. The number of sulfonamides is 1. The molecule has 0 heterocycles. The van der Waals surface area contributed by atoms with Crippen molar-refractivity contribution in [2.45, 2.75) is 11.3 Å². The normalized spacial score (nSPS) is 11.1. The van der Waals surface area contributed by atoms with Crippen LogP contribution in [0.1, 0.15) is 15.9 Å². The van der Waals surface area contributed by atoms with Crippen molar-refractivity contribution in [2.75, 3.05) is 37.8 Å². The van der Waals surface area contributed by atoms with Crippen molar-refractivity contribution in [3.63, 3.8) is 0 Å². The quantitative estimate of drug-likeness (QED) is 0.414. The third kappa shape index (κ3) is 6.66. The highest BCUT2D eigenvalue weighted by Crippen LogP contribution is 2.17. The van der Waals surface area contributed by atoms with Gasteiger partial charge in [0, 0.05) is 32.0 Å². The van der Waals surface area contributed by atoms with Gasteiger partial charge < -0.3 is 16.0 Å². The van der Waals surface area contributed by atoms with Crippen molar-refractivity contribution in [3.8, 4) is 0 Å². The molecule has 0 aliphatic rings. The lowest BCUT2D eigenvalue weighted by atomic mass is 10.1. The van der Waals surface area contributed by atoms with Crippen LogP contribution in [0.25, 0.3) is 0 Å². The summed E-state index contributed by atoms with van der Waals surface area (Å²) < 4.78 is 25.4. The first-order valence-electron chi connectivity index (χ1n) is 10.7. The molecule has 9 heteroatoms. The van der Waals surface area contributed by atoms with Crippen molar-refractivity contribution in [1.29, 1.82) is 0 Å². The molecule has 2 amide bonds. The molecule has 0 saturated heterocycles. The topological polar surface area (TPSA) is 108 Å². The molecule has 3 rings (SSSR count). The average Bonchev–Trinajstić information content (AvgIpc) is 2.84. The average molecular weight is 481 g/mol. The molecule has 3 aromatic rings. The van der Waals surface area contributed by atoms with Gasteiger partial charge in [-0.25, -0.2) is 12.7 Å². The molecule has 0 bridgehead atoms. The number of nitrogens with zero attached hydrogens (tertiary/aromatic N) is 1. The van der Waals surface area contributed by atoms with Crippen molar-refractivity contribution in [2.24, 2.45) is 0 Å². The minimum atomic E-state index is -3.53. The van der Waals surface area contributed by atoms with Crippen molar-refractivity contribution >= 4 is 33.2 Å². The van der Waals surface area contributed by atoms with Crippen molar-refractivity contribution < 1.29 is 18.0 Å². The molecule has 0 unspecified atom stereocenters. The van der Waals surface area contributed by atoms with E-state index < -0.39 is 10.0 Å². The standard InChI is InChI=1S/C25H28N4O4S/c1-29(2)34(32,33)21-14-12-20(13-15-21)28-24(30)18-27-23-11-7-6-10-22(23)25(31)26-17-16-19-8-4-3-5-9-19/h3-15,27H,16-18H2,1-2H3,(H,26,31)(H,28,30).